The van der Waals surface area contributed by atoms with Crippen molar-refractivity contribution in [3.8, 4) is 16.9 Å². The van der Waals surface area contributed by atoms with E-state index in [1.54, 1.807) is 0 Å². The summed E-state index contributed by atoms with van der Waals surface area (Å²) in [5, 5.41) is 12.4. The van der Waals surface area contributed by atoms with Gasteiger partial charge in [0.15, 0.2) is 5.17 Å². The molecule has 130 valence electrons. The van der Waals surface area contributed by atoms with E-state index in [4.69, 9.17) is 16.2 Å². The minimum Gasteiger partial charge on any atom is -0.379 e. The molecule has 3 rings (SSSR count). The van der Waals surface area contributed by atoms with Crippen LogP contribution in [0.2, 0.25) is 0 Å². The monoisotopic (exact) mass is 372 g/mol. The summed E-state index contributed by atoms with van der Waals surface area (Å²) in [6.45, 7) is 2.15. The highest BCUT2D eigenvalue weighted by Crippen LogP contribution is 2.27. The smallest absolute Gasteiger partial charge is 0.151 e. The van der Waals surface area contributed by atoms with Crippen LogP contribution in [0, 0.1) is 5.41 Å². The zero-order valence-electron chi connectivity index (χ0n) is 14.0. The second kappa shape index (κ2) is 8.74. The molecule has 0 saturated carbocycles. The molecule has 0 atom stereocenters. The molecule has 0 radical (unpaired) electrons. The van der Waals surface area contributed by atoms with E-state index in [1.165, 1.54) is 17.3 Å². The molecule has 25 heavy (non-hydrogen) atoms. The fraction of sp³-hybridized carbons (Fsp3) is 0.158. The minimum absolute atomic E-state index is 0. The summed E-state index contributed by atoms with van der Waals surface area (Å²) in [7, 11) is 0. The molecule has 0 bridgehead atoms. The van der Waals surface area contributed by atoms with Gasteiger partial charge in [0, 0.05) is 23.1 Å². The molecule has 0 amide bonds. The molecule has 6 heteroatoms. The summed E-state index contributed by atoms with van der Waals surface area (Å²) in [5.74, 6) is 0.632. The Balaban J connectivity index is 0.00000225. The second-order valence-corrected chi connectivity index (χ2v) is 6.50. The molecule has 0 aliphatic heterocycles. The topological polar surface area (TPSA) is 67.7 Å². The van der Waals surface area contributed by atoms with E-state index in [9.17, 15) is 0 Å². The van der Waals surface area contributed by atoms with Crippen molar-refractivity contribution in [3.05, 3.63) is 71.9 Å². The van der Waals surface area contributed by atoms with Crippen LogP contribution in [0.15, 0.2) is 60.8 Å². The Bertz CT molecular complexity index is 828. The average Bonchev–Trinajstić information content (AvgIpc) is 3.05. The summed E-state index contributed by atoms with van der Waals surface area (Å²) >= 11 is 1.32. The molecule has 2 aromatic carbocycles. The first-order chi connectivity index (χ1) is 11.7. The number of thioether (sulfide) groups is 1. The van der Waals surface area contributed by atoms with E-state index < -0.39 is 0 Å². The predicted molar refractivity (Wildman–Crippen MR) is 109 cm³/mol. The number of rotatable bonds is 5. The van der Waals surface area contributed by atoms with Crippen molar-refractivity contribution >= 4 is 29.3 Å². The maximum absolute atomic E-state index is 7.46. The van der Waals surface area contributed by atoms with E-state index in [0.717, 1.165) is 28.9 Å². The number of nitrogens with zero attached hydrogens (tertiary/aromatic N) is 2. The molecule has 0 aliphatic rings. The van der Waals surface area contributed by atoms with E-state index in [0.29, 0.717) is 5.75 Å². The first kappa shape index (κ1) is 19.1. The first-order valence-electron chi connectivity index (χ1n) is 7.87. The third-order valence-corrected chi connectivity index (χ3v) is 4.60. The van der Waals surface area contributed by atoms with E-state index in [2.05, 4.69) is 31.2 Å². The molecule has 0 aliphatic carbocycles. The highest BCUT2D eigenvalue weighted by atomic mass is 35.5. The van der Waals surface area contributed by atoms with Crippen molar-refractivity contribution in [1.82, 2.24) is 9.78 Å². The molecular formula is C19H21ClN4S. The van der Waals surface area contributed by atoms with Crippen molar-refractivity contribution in [2.75, 3.05) is 0 Å². The molecular weight excluding hydrogens is 352 g/mol. The Hall–Kier alpha value is -2.24. The Morgan fingerprint density at radius 2 is 1.80 bits per heavy atom. The van der Waals surface area contributed by atoms with Gasteiger partial charge in [-0.1, -0.05) is 61.2 Å². The van der Waals surface area contributed by atoms with Gasteiger partial charge in [-0.05, 0) is 24.1 Å². The van der Waals surface area contributed by atoms with E-state index in [-0.39, 0.29) is 17.6 Å². The van der Waals surface area contributed by atoms with Gasteiger partial charge in [0.1, 0.15) is 0 Å². The van der Waals surface area contributed by atoms with Gasteiger partial charge in [-0.15, -0.1) is 12.4 Å². The number of halogens is 1. The molecule has 4 nitrogen and oxygen atoms in total. The number of aromatic nitrogens is 2. The minimum atomic E-state index is 0. The van der Waals surface area contributed by atoms with Crippen LogP contribution in [0.3, 0.4) is 0 Å². The van der Waals surface area contributed by atoms with Crippen LogP contribution in [0.5, 0.6) is 0 Å². The summed E-state index contributed by atoms with van der Waals surface area (Å²) < 4.78 is 1.89. The molecule has 3 N–H and O–H groups in total. The lowest BCUT2D eigenvalue weighted by atomic mass is 10.1. The number of benzene rings is 2. The van der Waals surface area contributed by atoms with Gasteiger partial charge in [-0.25, -0.2) is 4.68 Å². The van der Waals surface area contributed by atoms with Crippen molar-refractivity contribution in [1.29, 1.82) is 5.41 Å². The normalized spacial score (nSPS) is 10.3. The molecule has 3 aromatic rings. The molecule has 0 saturated heterocycles. The largest absolute Gasteiger partial charge is 0.379 e. The van der Waals surface area contributed by atoms with Crippen LogP contribution in [0.1, 0.15) is 18.1 Å². The number of nitrogens with one attached hydrogen (secondary N) is 1. The van der Waals surface area contributed by atoms with Crippen molar-refractivity contribution in [2.24, 2.45) is 5.73 Å². The number of hydrogen-bond donors (Lipinski definition) is 2. The number of nitrogens with two attached hydrogens (primary N) is 1. The van der Waals surface area contributed by atoms with Gasteiger partial charge in [-0.3, -0.25) is 5.41 Å². The molecule has 1 aromatic heterocycles. The van der Waals surface area contributed by atoms with Crippen LogP contribution in [0.25, 0.3) is 16.9 Å². The van der Waals surface area contributed by atoms with Gasteiger partial charge in [0.25, 0.3) is 0 Å². The molecule has 0 unspecified atom stereocenters. The quantitative estimate of drug-likeness (QED) is 0.506. The third-order valence-electron chi connectivity index (χ3n) is 3.83. The highest BCUT2D eigenvalue weighted by molar-refractivity contribution is 8.13. The maximum Gasteiger partial charge on any atom is 0.151 e. The zero-order chi connectivity index (χ0) is 16.9. The van der Waals surface area contributed by atoms with Crippen molar-refractivity contribution in [2.45, 2.75) is 19.1 Å². The fourth-order valence-corrected chi connectivity index (χ4v) is 3.05. The third kappa shape index (κ3) is 4.65. The summed E-state index contributed by atoms with van der Waals surface area (Å²) in [6.07, 6.45) is 3.04. The first-order valence-corrected chi connectivity index (χ1v) is 8.86. The van der Waals surface area contributed by atoms with Crippen LogP contribution in [0.4, 0.5) is 0 Å². The average molecular weight is 373 g/mol. The van der Waals surface area contributed by atoms with E-state index >= 15 is 0 Å². The Labute approximate surface area is 158 Å². The highest BCUT2D eigenvalue weighted by Gasteiger charge is 2.13. The number of hydrogen-bond acceptors (Lipinski definition) is 3. The van der Waals surface area contributed by atoms with Gasteiger partial charge in [0.05, 0.1) is 11.4 Å². The lowest BCUT2D eigenvalue weighted by Crippen LogP contribution is -2.03. The Morgan fingerprint density at radius 1 is 1.12 bits per heavy atom. The number of aryl methyl sites for hydroxylation is 1. The SMILES string of the molecule is CCc1ccc(-c2nn(-c3ccccc3)cc2CSC(=N)N)cc1.Cl. The lowest BCUT2D eigenvalue weighted by molar-refractivity contribution is 0.884. The van der Waals surface area contributed by atoms with Gasteiger partial charge < -0.3 is 5.73 Å². The Morgan fingerprint density at radius 3 is 2.40 bits per heavy atom. The van der Waals surface area contributed by atoms with Crippen molar-refractivity contribution < 1.29 is 0 Å². The molecule has 0 fully saturated rings. The molecule has 1 heterocycles. The standard InChI is InChI=1S/C19H20N4S.ClH/c1-2-14-8-10-15(11-9-14)18-16(13-24-19(20)21)12-23(22-18)17-6-4-3-5-7-17;/h3-12H,2,13H2,1H3,(H3,20,21);1H. The van der Waals surface area contributed by atoms with Gasteiger partial charge in [0.2, 0.25) is 0 Å². The summed E-state index contributed by atoms with van der Waals surface area (Å²) in [4.78, 5) is 0. The fourth-order valence-electron chi connectivity index (χ4n) is 2.53. The van der Waals surface area contributed by atoms with Gasteiger partial charge in [-0.2, -0.15) is 5.10 Å². The zero-order valence-corrected chi connectivity index (χ0v) is 15.6. The van der Waals surface area contributed by atoms with Crippen LogP contribution in [-0.2, 0) is 12.2 Å². The Kier molecular flexibility index (Phi) is 6.67. The summed E-state index contributed by atoms with van der Waals surface area (Å²) in [5.41, 5.74) is 10.9. The number of amidine groups is 1. The predicted octanol–water partition coefficient (Wildman–Crippen LogP) is 4.65. The van der Waals surface area contributed by atoms with Crippen LogP contribution >= 0.6 is 24.2 Å². The summed E-state index contributed by atoms with van der Waals surface area (Å²) in [6, 6.07) is 18.5. The number of para-hydroxylation sites is 1. The maximum atomic E-state index is 7.46. The van der Waals surface area contributed by atoms with Crippen LogP contribution in [-0.4, -0.2) is 14.9 Å². The second-order valence-electron chi connectivity index (χ2n) is 5.49. The molecule has 0 spiro atoms. The lowest BCUT2D eigenvalue weighted by Gasteiger charge is -2.03. The van der Waals surface area contributed by atoms with Crippen LogP contribution < -0.4 is 5.73 Å². The van der Waals surface area contributed by atoms with Gasteiger partial charge >= 0.3 is 0 Å². The van der Waals surface area contributed by atoms with E-state index in [1.807, 2.05) is 41.2 Å². The van der Waals surface area contributed by atoms with Crippen molar-refractivity contribution in [3.63, 3.8) is 0 Å².